The number of ether oxygens (including phenoxy) is 1. The van der Waals surface area contributed by atoms with Gasteiger partial charge in [0.2, 0.25) is 5.91 Å². The quantitative estimate of drug-likeness (QED) is 0.411. The van der Waals surface area contributed by atoms with Crippen molar-refractivity contribution in [1.29, 1.82) is 0 Å². The highest BCUT2D eigenvalue weighted by molar-refractivity contribution is 5.82. The number of carboxylic acid groups (broad SMARTS) is 1. The van der Waals surface area contributed by atoms with Gasteiger partial charge in [-0.15, -0.1) is 0 Å². The van der Waals surface area contributed by atoms with Crippen LogP contribution in [0.15, 0.2) is 12.1 Å². The lowest BCUT2D eigenvalue weighted by Gasteiger charge is -2.30. The van der Waals surface area contributed by atoms with Gasteiger partial charge < -0.3 is 25.4 Å². The molecule has 8 heteroatoms. The van der Waals surface area contributed by atoms with Crippen molar-refractivity contribution in [2.45, 2.75) is 70.4 Å². The van der Waals surface area contributed by atoms with Crippen LogP contribution in [0.1, 0.15) is 56.7 Å². The molecule has 172 valence electrons. The average Bonchev–Trinajstić information content (AvgIpc) is 2.71. The number of amides is 1. The van der Waals surface area contributed by atoms with Crippen molar-refractivity contribution in [3.05, 3.63) is 23.4 Å². The van der Waals surface area contributed by atoms with E-state index in [2.05, 4.69) is 27.7 Å². The van der Waals surface area contributed by atoms with Gasteiger partial charge in [0.25, 0.3) is 0 Å². The number of aromatic nitrogens is 1. The fourth-order valence-corrected chi connectivity index (χ4v) is 4.14. The number of unbranched alkanes of at least 4 members (excludes halogenated alkanes) is 1. The molecule has 1 fully saturated rings. The minimum atomic E-state index is -0.982. The fourth-order valence-electron chi connectivity index (χ4n) is 4.14. The standard InChI is InChI=1S/C23H36N4O4/c1-17(28)25-21(23(29)30)10-15-27(14-9-20-11-16-31-20)13-3-2-6-19-8-7-18-5-4-12-24-22(18)26-19/h7-8,20-21H,2-6,9-16H2,1H3,(H,24,26)(H,25,28)(H,29,30). The van der Waals surface area contributed by atoms with Gasteiger partial charge in [-0.1, -0.05) is 6.07 Å². The molecule has 1 saturated heterocycles. The van der Waals surface area contributed by atoms with Gasteiger partial charge in [0.15, 0.2) is 0 Å². The van der Waals surface area contributed by atoms with E-state index in [4.69, 9.17) is 9.72 Å². The number of hydrogen-bond acceptors (Lipinski definition) is 6. The average molecular weight is 433 g/mol. The van der Waals surface area contributed by atoms with Gasteiger partial charge in [-0.2, -0.15) is 0 Å². The van der Waals surface area contributed by atoms with Crippen molar-refractivity contribution < 1.29 is 19.4 Å². The van der Waals surface area contributed by atoms with Crippen LogP contribution in [0.25, 0.3) is 0 Å². The maximum Gasteiger partial charge on any atom is 0.326 e. The number of carbonyl (C=O) groups excluding carboxylic acids is 1. The minimum Gasteiger partial charge on any atom is -0.480 e. The summed E-state index contributed by atoms with van der Waals surface area (Å²) in [6.45, 7) is 5.63. The van der Waals surface area contributed by atoms with E-state index in [1.165, 1.54) is 18.9 Å². The van der Waals surface area contributed by atoms with Gasteiger partial charge >= 0.3 is 5.97 Å². The Labute approximate surface area is 184 Å². The van der Waals surface area contributed by atoms with E-state index in [0.29, 0.717) is 19.1 Å². The molecular formula is C23H36N4O4. The molecule has 2 aliphatic rings. The zero-order chi connectivity index (χ0) is 22.1. The van der Waals surface area contributed by atoms with Crippen LogP contribution >= 0.6 is 0 Å². The number of anilines is 1. The third-order valence-electron chi connectivity index (χ3n) is 6.08. The lowest BCUT2D eigenvalue weighted by Crippen LogP contribution is -2.43. The number of nitrogens with zero attached hydrogens (tertiary/aromatic N) is 2. The zero-order valence-corrected chi connectivity index (χ0v) is 18.6. The monoisotopic (exact) mass is 432 g/mol. The number of carbonyl (C=O) groups is 2. The van der Waals surface area contributed by atoms with Crippen molar-refractivity contribution >= 4 is 17.7 Å². The van der Waals surface area contributed by atoms with Gasteiger partial charge in [0.05, 0.1) is 6.10 Å². The summed E-state index contributed by atoms with van der Waals surface area (Å²) in [5.74, 6) is -0.248. The second kappa shape index (κ2) is 12.0. The molecule has 3 rings (SSSR count). The van der Waals surface area contributed by atoms with Crippen molar-refractivity contribution in [1.82, 2.24) is 15.2 Å². The number of hydrogen-bond donors (Lipinski definition) is 3. The molecule has 2 aliphatic heterocycles. The van der Waals surface area contributed by atoms with Crippen LogP contribution in [0.3, 0.4) is 0 Å². The minimum absolute atomic E-state index is 0.311. The molecule has 1 aromatic heterocycles. The maximum atomic E-state index is 11.4. The normalized spacial score (nSPS) is 18.6. The van der Waals surface area contributed by atoms with E-state index < -0.39 is 12.0 Å². The lowest BCUT2D eigenvalue weighted by atomic mass is 10.1. The Morgan fingerprint density at radius 1 is 1.32 bits per heavy atom. The summed E-state index contributed by atoms with van der Waals surface area (Å²) in [4.78, 5) is 29.8. The Kier molecular flexibility index (Phi) is 9.09. The molecule has 0 aromatic carbocycles. The number of rotatable bonds is 13. The number of carboxylic acids is 1. The van der Waals surface area contributed by atoms with Gasteiger partial charge in [-0.3, -0.25) is 4.79 Å². The van der Waals surface area contributed by atoms with E-state index in [9.17, 15) is 14.7 Å². The third kappa shape index (κ3) is 7.78. The van der Waals surface area contributed by atoms with Crippen LogP contribution in [-0.2, 0) is 27.2 Å². The predicted octanol–water partition coefficient (Wildman–Crippen LogP) is 2.22. The Balaban J connectivity index is 1.44. The van der Waals surface area contributed by atoms with Gasteiger partial charge in [0.1, 0.15) is 11.9 Å². The Morgan fingerprint density at radius 3 is 2.87 bits per heavy atom. The van der Waals surface area contributed by atoms with E-state index >= 15 is 0 Å². The largest absolute Gasteiger partial charge is 0.480 e. The van der Waals surface area contributed by atoms with E-state index in [-0.39, 0.29) is 5.91 Å². The summed E-state index contributed by atoms with van der Waals surface area (Å²) < 4.78 is 5.53. The van der Waals surface area contributed by atoms with Crippen LogP contribution in [0.4, 0.5) is 5.82 Å². The molecule has 8 nitrogen and oxygen atoms in total. The summed E-state index contributed by atoms with van der Waals surface area (Å²) in [5, 5.41) is 15.3. The molecular weight excluding hydrogens is 396 g/mol. The first-order valence-electron chi connectivity index (χ1n) is 11.6. The second-order valence-corrected chi connectivity index (χ2v) is 8.59. The Hall–Kier alpha value is -2.19. The van der Waals surface area contributed by atoms with Crippen LogP contribution in [0.5, 0.6) is 0 Å². The second-order valence-electron chi connectivity index (χ2n) is 8.59. The van der Waals surface area contributed by atoms with Crippen molar-refractivity contribution in [2.24, 2.45) is 0 Å². The number of aliphatic carboxylic acids is 1. The maximum absolute atomic E-state index is 11.4. The number of aryl methyl sites for hydroxylation is 2. The van der Waals surface area contributed by atoms with Crippen LogP contribution in [0.2, 0.25) is 0 Å². The first-order valence-corrected chi connectivity index (χ1v) is 11.6. The number of pyridine rings is 1. The van der Waals surface area contributed by atoms with Crippen LogP contribution in [0, 0.1) is 0 Å². The molecule has 1 aromatic rings. The molecule has 0 bridgehead atoms. The summed E-state index contributed by atoms with van der Waals surface area (Å²) >= 11 is 0. The topological polar surface area (TPSA) is 104 Å². The highest BCUT2D eigenvalue weighted by Crippen LogP contribution is 2.20. The van der Waals surface area contributed by atoms with Gasteiger partial charge in [-0.05, 0) is 69.5 Å². The van der Waals surface area contributed by atoms with E-state index in [1.54, 1.807) is 0 Å². The van der Waals surface area contributed by atoms with E-state index in [1.807, 2.05) is 0 Å². The van der Waals surface area contributed by atoms with Crippen LogP contribution < -0.4 is 10.6 Å². The number of fused-ring (bicyclic) bond motifs is 1. The summed E-state index contributed by atoms with van der Waals surface area (Å²) in [5.41, 5.74) is 2.44. The smallest absolute Gasteiger partial charge is 0.326 e. The first-order chi connectivity index (χ1) is 15.0. The highest BCUT2D eigenvalue weighted by atomic mass is 16.5. The molecule has 2 unspecified atom stereocenters. The molecule has 3 heterocycles. The molecule has 0 saturated carbocycles. The summed E-state index contributed by atoms with van der Waals surface area (Å²) in [6.07, 6.45) is 8.08. The van der Waals surface area contributed by atoms with Crippen molar-refractivity contribution in [3.63, 3.8) is 0 Å². The van der Waals surface area contributed by atoms with Crippen molar-refractivity contribution in [3.8, 4) is 0 Å². The molecule has 31 heavy (non-hydrogen) atoms. The Morgan fingerprint density at radius 2 is 2.16 bits per heavy atom. The fraction of sp³-hybridized carbons (Fsp3) is 0.696. The molecule has 2 atom stereocenters. The lowest BCUT2D eigenvalue weighted by molar-refractivity contribution is -0.141. The first kappa shape index (κ1) is 23.5. The Bertz CT molecular complexity index is 738. The molecule has 0 spiro atoms. The summed E-state index contributed by atoms with van der Waals surface area (Å²) in [6, 6.07) is 3.50. The SMILES string of the molecule is CC(=O)NC(CCN(CCCCc1ccc2c(n1)NCCC2)CCC1CCO1)C(=O)O. The molecule has 0 radical (unpaired) electrons. The van der Waals surface area contributed by atoms with Crippen molar-refractivity contribution in [2.75, 3.05) is 38.1 Å². The molecule has 1 amide bonds. The zero-order valence-electron chi connectivity index (χ0n) is 18.6. The van der Waals surface area contributed by atoms with Gasteiger partial charge in [0, 0.05) is 38.9 Å². The van der Waals surface area contributed by atoms with Crippen LogP contribution in [-0.4, -0.2) is 71.8 Å². The predicted molar refractivity (Wildman–Crippen MR) is 119 cm³/mol. The number of nitrogens with one attached hydrogen (secondary N) is 2. The van der Waals surface area contributed by atoms with E-state index in [0.717, 1.165) is 76.3 Å². The third-order valence-corrected chi connectivity index (χ3v) is 6.08. The molecule has 0 aliphatic carbocycles. The summed E-state index contributed by atoms with van der Waals surface area (Å²) in [7, 11) is 0. The molecule has 3 N–H and O–H groups in total. The highest BCUT2D eigenvalue weighted by Gasteiger charge is 2.22. The van der Waals surface area contributed by atoms with Gasteiger partial charge in [-0.25, -0.2) is 9.78 Å².